The topological polar surface area (TPSA) is 104 Å². The van der Waals surface area contributed by atoms with Gasteiger partial charge in [-0.1, -0.05) is 0 Å². The maximum absolute atomic E-state index is 9.85. The summed E-state index contributed by atoms with van der Waals surface area (Å²) < 4.78 is 0. The average Bonchev–Trinajstić information content (AvgIpc) is 1.81. The van der Waals surface area contributed by atoms with Gasteiger partial charge in [-0.2, -0.15) is 0 Å². The van der Waals surface area contributed by atoms with Crippen molar-refractivity contribution < 1.29 is 29.9 Å². The van der Waals surface area contributed by atoms with Crippen molar-refractivity contribution in [1.29, 1.82) is 0 Å². The molecule has 0 aliphatic carbocycles. The SMILES string of the molecule is O=C(O)/C=C(/OO)C(=O)O. The summed E-state index contributed by atoms with van der Waals surface area (Å²) in [5.41, 5.74) is 0. The van der Waals surface area contributed by atoms with Crippen molar-refractivity contribution in [2.45, 2.75) is 0 Å². The maximum atomic E-state index is 9.85. The Morgan fingerprint density at radius 2 is 1.80 bits per heavy atom. The molecule has 0 aromatic carbocycles. The van der Waals surface area contributed by atoms with Gasteiger partial charge < -0.3 is 15.1 Å². The molecule has 10 heavy (non-hydrogen) atoms. The van der Waals surface area contributed by atoms with Gasteiger partial charge in [0, 0.05) is 0 Å². The summed E-state index contributed by atoms with van der Waals surface area (Å²) >= 11 is 0. The van der Waals surface area contributed by atoms with Gasteiger partial charge in [0.05, 0.1) is 6.08 Å². The van der Waals surface area contributed by atoms with Gasteiger partial charge in [0.25, 0.3) is 5.76 Å². The van der Waals surface area contributed by atoms with Crippen molar-refractivity contribution in [2.75, 3.05) is 0 Å². The summed E-state index contributed by atoms with van der Waals surface area (Å²) in [5, 5.41) is 23.7. The molecule has 6 heteroatoms. The van der Waals surface area contributed by atoms with Gasteiger partial charge in [0.2, 0.25) is 0 Å². The Kier molecular flexibility index (Phi) is 2.92. The third-order valence-electron chi connectivity index (χ3n) is 0.564. The molecule has 0 atom stereocenters. The maximum Gasteiger partial charge on any atom is 0.375 e. The number of aliphatic carboxylic acids is 2. The van der Waals surface area contributed by atoms with Crippen LogP contribution in [0.3, 0.4) is 0 Å². The number of carboxylic acids is 2. The van der Waals surface area contributed by atoms with Crippen LogP contribution in [0.15, 0.2) is 11.8 Å². The lowest BCUT2D eigenvalue weighted by molar-refractivity contribution is -0.210. The Labute approximate surface area is 54.9 Å². The first-order valence-corrected chi connectivity index (χ1v) is 2.07. The highest BCUT2D eigenvalue weighted by atomic mass is 17.1. The van der Waals surface area contributed by atoms with Crippen LogP contribution in [0.1, 0.15) is 0 Å². The van der Waals surface area contributed by atoms with Gasteiger partial charge in [-0.3, -0.25) is 0 Å². The van der Waals surface area contributed by atoms with E-state index in [-0.39, 0.29) is 6.08 Å². The highest BCUT2D eigenvalue weighted by Gasteiger charge is 2.10. The number of carboxylic acid groups (broad SMARTS) is 2. The van der Waals surface area contributed by atoms with E-state index in [0.29, 0.717) is 0 Å². The molecule has 0 aromatic heterocycles. The molecule has 0 amide bonds. The number of rotatable bonds is 3. The second-order valence-electron chi connectivity index (χ2n) is 1.24. The second-order valence-corrected chi connectivity index (χ2v) is 1.24. The van der Waals surface area contributed by atoms with Gasteiger partial charge in [0.1, 0.15) is 0 Å². The van der Waals surface area contributed by atoms with Gasteiger partial charge in [0.15, 0.2) is 0 Å². The molecule has 6 nitrogen and oxygen atoms in total. The summed E-state index contributed by atoms with van der Waals surface area (Å²) in [6, 6.07) is 0. The lowest BCUT2D eigenvalue weighted by Crippen LogP contribution is -2.05. The lowest BCUT2D eigenvalue weighted by atomic mass is 10.4. The van der Waals surface area contributed by atoms with Crippen LogP contribution in [0.4, 0.5) is 0 Å². The largest absolute Gasteiger partial charge is 0.478 e. The molecule has 56 valence electrons. The normalized spacial score (nSPS) is 10.7. The molecule has 0 rings (SSSR count). The van der Waals surface area contributed by atoms with Crippen LogP contribution in [0, 0.1) is 0 Å². The van der Waals surface area contributed by atoms with Gasteiger partial charge in [-0.15, -0.1) is 0 Å². The van der Waals surface area contributed by atoms with E-state index in [1.54, 1.807) is 0 Å². The van der Waals surface area contributed by atoms with Crippen LogP contribution in [-0.2, 0) is 14.5 Å². The fraction of sp³-hybridized carbons (Fsp3) is 0. The van der Waals surface area contributed by atoms with Crippen LogP contribution in [0.5, 0.6) is 0 Å². The van der Waals surface area contributed by atoms with Gasteiger partial charge in [-0.25, -0.2) is 14.8 Å². The highest BCUT2D eigenvalue weighted by Crippen LogP contribution is 1.93. The van der Waals surface area contributed by atoms with Gasteiger partial charge >= 0.3 is 11.9 Å². The fourth-order valence-electron chi connectivity index (χ4n) is 0.239. The Morgan fingerprint density at radius 3 is 1.90 bits per heavy atom. The van der Waals surface area contributed by atoms with E-state index in [1.165, 1.54) is 0 Å². The minimum Gasteiger partial charge on any atom is -0.478 e. The Bertz CT molecular complexity index is 180. The summed E-state index contributed by atoms with van der Waals surface area (Å²) in [7, 11) is 0. The molecule has 0 spiro atoms. The third-order valence-corrected chi connectivity index (χ3v) is 0.564. The van der Waals surface area contributed by atoms with E-state index >= 15 is 0 Å². The van der Waals surface area contributed by atoms with E-state index in [2.05, 4.69) is 4.89 Å². The zero-order valence-electron chi connectivity index (χ0n) is 4.64. The molecular weight excluding hydrogens is 144 g/mol. The molecule has 0 saturated heterocycles. The molecule has 0 heterocycles. The Morgan fingerprint density at radius 1 is 1.30 bits per heavy atom. The predicted molar refractivity (Wildman–Crippen MR) is 27.1 cm³/mol. The monoisotopic (exact) mass is 148 g/mol. The van der Waals surface area contributed by atoms with Crippen molar-refractivity contribution in [3.05, 3.63) is 11.8 Å². The summed E-state index contributed by atoms with van der Waals surface area (Å²) in [5.74, 6) is -4.19. The van der Waals surface area contributed by atoms with Crippen molar-refractivity contribution in [2.24, 2.45) is 0 Å². The molecule has 0 radical (unpaired) electrons. The zero-order valence-corrected chi connectivity index (χ0v) is 4.64. The first-order chi connectivity index (χ1) is 4.57. The standard InChI is InChI=1S/C4H4O6/c5-3(6)1-2(10-9)4(7)8/h1,9H,(H,5,6)(H,7,8)/b2-1+. The molecule has 0 aromatic rings. The molecule has 0 saturated carbocycles. The smallest absolute Gasteiger partial charge is 0.375 e. The predicted octanol–water partition coefficient (Wildman–Crippen LogP) is -0.471. The van der Waals surface area contributed by atoms with E-state index in [9.17, 15) is 9.59 Å². The van der Waals surface area contributed by atoms with Crippen LogP contribution >= 0.6 is 0 Å². The van der Waals surface area contributed by atoms with E-state index < -0.39 is 17.7 Å². The van der Waals surface area contributed by atoms with E-state index in [4.69, 9.17) is 15.5 Å². The number of hydrogen-bond acceptors (Lipinski definition) is 4. The van der Waals surface area contributed by atoms with Crippen LogP contribution < -0.4 is 0 Å². The van der Waals surface area contributed by atoms with Crippen LogP contribution in [-0.4, -0.2) is 27.4 Å². The van der Waals surface area contributed by atoms with Crippen LogP contribution in [0.25, 0.3) is 0 Å². The molecule has 0 unspecified atom stereocenters. The minimum atomic E-state index is -1.65. The molecule has 0 bridgehead atoms. The number of hydrogen-bond donors (Lipinski definition) is 3. The minimum absolute atomic E-state index is 0.225. The van der Waals surface area contributed by atoms with E-state index in [0.717, 1.165) is 0 Å². The Balaban J connectivity index is 4.34. The van der Waals surface area contributed by atoms with Crippen LogP contribution in [0.2, 0.25) is 0 Å². The third kappa shape index (κ3) is 2.68. The quantitative estimate of drug-likeness (QED) is 0.216. The summed E-state index contributed by atoms with van der Waals surface area (Å²) in [6.07, 6.45) is 0.225. The number of carbonyl (C=O) groups is 2. The summed E-state index contributed by atoms with van der Waals surface area (Å²) in [6.45, 7) is 0. The highest BCUT2D eigenvalue weighted by molar-refractivity contribution is 5.92. The van der Waals surface area contributed by atoms with Crippen molar-refractivity contribution in [3.63, 3.8) is 0 Å². The van der Waals surface area contributed by atoms with E-state index in [1.807, 2.05) is 0 Å². The molecule has 0 aliphatic heterocycles. The second kappa shape index (κ2) is 3.46. The average molecular weight is 148 g/mol. The molecule has 0 aliphatic rings. The molecule has 0 fully saturated rings. The van der Waals surface area contributed by atoms with Crippen molar-refractivity contribution in [1.82, 2.24) is 0 Å². The first-order valence-electron chi connectivity index (χ1n) is 2.07. The van der Waals surface area contributed by atoms with Crippen molar-refractivity contribution >= 4 is 11.9 Å². The lowest BCUT2D eigenvalue weighted by Gasteiger charge is -1.92. The first kappa shape index (κ1) is 8.44. The Hall–Kier alpha value is -1.56. The van der Waals surface area contributed by atoms with Gasteiger partial charge in [-0.05, 0) is 0 Å². The van der Waals surface area contributed by atoms with Crippen molar-refractivity contribution in [3.8, 4) is 0 Å². The summed E-state index contributed by atoms with van der Waals surface area (Å²) in [4.78, 5) is 22.8. The molecule has 3 N–H and O–H groups in total. The molecular formula is C4H4O6. The fourth-order valence-corrected chi connectivity index (χ4v) is 0.239. The zero-order chi connectivity index (χ0) is 8.15.